The molecule has 0 bridgehead atoms. The van der Waals surface area contributed by atoms with Gasteiger partial charge in [-0.2, -0.15) is 25.9 Å². The van der Waals surface area contributed by atoms with Crippen molar-refractivity contribution < 1.29 is 26.3 Å². The van der Waals surface area contributed by atoms with E-state index in [1.165, 1.54) is 6.07 Å². The first-order valence-corrected chi connectivity index (χ1v) is 7.74. The number of rotatable bonds is 3. The van der Waals surface area contributed by atoms with Crippen LogP contribution in [-0.2, 0) is 21.1 Å². The largest absolute Gasteiger partial charge is 0.417 e. The van der Waals surface area contributed by atoms with Crippen molar-refractivity contribution in [3.05, 3.63) is 28.8 Å². The molecule has 0 aliphatic carbocycles. The zero-order valence-electron chi connectivity index (χ0n) is 10.7. The Morgan fingerprint density at radius 2 is 1.86 bits per heavy atom. The Hall–Kier alpha value is -1.03. The van der Waals surface area contributed by atoms with Gasteiger partial charge < -0.3 is 4.74 Å². The second-order valence-electron chi connectivity index (χ2n) is 4.31. The Morgan fingerprint density at radius 1 is 1.24 bits per heavy atom. The van der Waals surface area contributed by atoms with Crippen molar-refractivity contribution in [3.63, 3.8) is 0 Å². The summed E-state index contributed by atoms with van der Waals surface area (Å²) in [6, 6.07) is 2.84. The van der Waals surface area contributed by atoms with Crippen molar-refractivity contribution >= 4 is 27.5 Å². The Morgan fingerprint density at radius 3 is 2.43 bits per heavy atom. The molecule has 0 aromatic heterocycles. The predicted octanol–water partition coefficient (Wildman–Crippen LogP) is 2.35. The van der Waals surface area contributed by atoms with Crippen molar-refractivity contribution in [1.29, 1.82) is 0 Å². The van der Waals surface area contributed by atoms with Gasteiger partial charge in [-0.1, -0.05) is 11.6 Å². The van der Waals surface area contributed by atoms with Crippen molar-refractivity contribution in [1.82, 2.24) is 4.31 Å². The highest BCUT2D eigenvalue weighted by Gasteiger charge is 2.34. The topological polar surface area (TPSA) is 58.6 Å². The molecule has 1 saturated heterocycles. The summed E-state index contributed by atoms with van der Waals surface area (Å²) in [7, 11) is -3.92. The number of benzene rings is 1. The van der Waals surface area contributed by atoms with Crippen molar-refractivity contribution in [3.8, 4) is 0 Å². The maximum atomic E-state index is 12.7. The third-order valence-electron chi connectivity index (χ3n) is 2.83. The monoisotopic (exact) mass is 344 g/mol. The van der Waals surface area contributed by atoms with Crippen molar-refractivity contribution in [2.75, 3.05) is 31.0 Å². The molecule has 0 unspecified atom stereocenters. The second-order valence-corrected chi connectivity index (χ2v) is 6.39. The van der Waals surface area contributed by atoms with Crippen molar-refractivity contribution in [2.24, 2.45) is 0 Å². The van der Waals surface area contributed by atoms with Crippen LogP contribution in [0.25, 0.3) is 0 Å². The number of alkyl halides is 3. The number of nitrogens with zero attached hydrogens (tertiary/aromatic N) is 1. The predicted molar refractivity (Wildman–Crippen MR) is 71.4 cm³/mol. The molecule has 1 aliphatic rings. The van der Waals surface area contributed by atoms with Crippen LogP contribution in [-0.4, -0.2) is 39.0 Å². The normalized spacial score (nSPS) is 17.7. The van der Waals surface area contributed by atoms with Crippen LogP contribution in [0.4, 0.5) is 18.9 Å². The highest BCUT2D eigenvalue weighted by Crippen LogP contribution is 2.36. The van der Waals surface area contributed by atoms with Gasteiger partial charge in [-0.05, 0) is 18.2 Å². The average molecular weight is 345 g/mol. The van der Waals surface area contributed by atoms with Gasteiger partial charge in [-0.15, -0.1) is 0 Å². The summed E-state index contributed by atoms with van der Waals surface area (Å²) < 4.78 is 70.5. The van der Waals surface area contributed by atoms with E-state index in [4.69, 9.17) is 16.3 Å². The molecule has 5 nitrogen and oxygen atoms in total. The fraction of sp³-hybridized carbons (Fsp3) is 0.455. The lowest BCUT2D eigenvalue weighted by molar-refractivity contribution is -0.137. The summed E-state index contributed by atoms with van der Waals surface area (Å²) in [4.78, 5) is 0. The zero-order chi connectivity index (χ0) is 15.7. The third kappa shape index (κ3) is 4.00. The number of nitrogens with one attached hydrogen (secondary N) is 1. The molecule has 1 fully saturated rings. The molecular weight excluding hydrogens is 333 g/mol. The lowest BCUT2D eigenvalue weighted by Gasteiger charge is -2.26. The summed E-state index contributed by atoms with van der Waals surface area (Å²) in [6.45, 7) is 0.786. The molecule has 21 heavy (non-hydrogen) atoms. The van der Waals surface area contributed by atoms with Crippen LogP contribution in [0.3, 0.4) is 0 Å². The van der Waals surface area contributed by atoms with Gasteiger partial charge >= 0.3 is 16.4 Å². The number of hydrogen-bond acceptors (Lipinski definition) is 3. The number of morpholine rings is 1. The van der Waals surface area contributed by atoms with Gasteiger partial charge in [0.05, 0.1) is 29.5 Å². The number of ether oxygens (including phenoxy) is 1. The number of anilines is 1. The van der Waals surface area contributed by atoms with Crippen LogP contribution < -0.4 is 4.72 Å². The van der Waals surface area contributed by atoms with E-state index in [0.717, 1.165) is 10.4 Å². The first-order chi connectivity index (χ1) is 9.70. The van der Waals surface area contributed by atoms with E-state index in [9.17, 15) is 21.6 Å². The van der Waals surface area contributed by atoms with E-state index in [0.29, 0.717) is 6.07 Å². The summed E-state index contributed by atoms with van der Waals surface area (Å²) in [5, 5.41) is -0.489. The van der Waals surface area contributed by atoms with Gasteiger partial charge in [0.25, 0.3) is 0 Å². The van der Waals surface area contributed by atoms with Crippen LogP contribution in [0.2, 0.25) is 5.02 Å². The first-order valence-electron chi connectivity index (χ1n) is 5.92. The highest BCUT2D eigenvalue weighted by atomic mass is 35.5. The maximum Gasteiger partial charge on any atom is 0.417 e. The third-order valence-corrected chi connectivity index (χ3v) is 4.70. The van der Waals surface area contributed by atoms with Crippen LogP contribution >= 0.6 is 11.6 Å². The van der Waals surface area contributed by atoms with E-state index >= 15 is 0 Å². The van der Waals surface area contributed by atoms with Gasteiger partial charge in [0.15, 0.2) is 0 Å². The minimum absolute atomic E-state index is 0.148. The smallest absolute Gasteiger partial charge is 0.379 e. The van der Waals surface area contributed by atoms with Crippen LogP contribution in [0, 0.1) is 0 Å². The first kappa shape index (κ1) is 16.3. The zero-order valence-corrected chi connectivity index (χ0v) is 12.2. The van der Waals surface area contributed by atoms with E-state index in [1.54, 1.807) is 0 Å². The highest BCUT2D eigenvalue weighted by molar-refractivity contribution is 7.90. The fourth-order valence-corrected chi connectivity index (χ4v) is 3.21. The van der Waals surface area contributed by atoms with E-state index < -0.39 is 27.0 Å². The van der Waals surface area contributed by atoms with Gasteiger partial charge in [0.1, 0.15) is 0 Å². The minimum atomic E-state index is -4.66. The van der Waals surface area contributed by atoms with Gasteiger partial charge in [0.2, 0.25) is 0 Å². The SMILES string of the molecule is O=S(=O)(Nc1ccc(Cl)c(C(F)(F)F)c1)N1CCOCC1. The molecule has 1 aromatic rings. The van der Waals surface area contributed by atoms with Gasteiger partial charge in [-0.25, -0.2) is 0 Å². The molecule has 1 aromatic carbocycles. The molecule has 0 atom stereocenters. The number of halogens is 4. The summed E-state index contributed by atoms with van der Waals surface area (Å²) in [5.74, 6) is 0. The van der Waals surface area contributed by atoms with Crippen LogP contribution in [0.1, 0.15) is 5.56 Å². The molecule has 0 radical (unpaired) electrons. The molecule has 0 amide bonds. The minimum Gasteiger partial charge on any atom is -0.379 e. The van der Waals surface area contributed by atoms with Crippen molar-refractivity contribution in [2.45, 2.75) is 6.18 Å². The Labute approximate surface area is 124 Å². The average Bonchev–Trinajstić information content (AvgIpc) is 2.40. The Balaban J connectivity index is 2.23. The molecule has 0 spiro atoms. The van der Waals surface area contributed by atoms with Crippen LogP contribution in [0.15, 0.2) is 18.2 Å². The molecule has 10 heteroatoms. The standard InChI is InChI=1S/C11H12ClF3N2O3S/c12-10-2-1-8(7-9(10)11(13,14)15)16-21(18,19)17-3-5-20-6-4-17/h1-2,7,16H,3-6H2. The van der Waals surface area contributed by atoms with Crippen LogP contribution in [0.5, 0.6) is 0 Å². The molecular formula is C11H12ClF3N2O3S. The lowest BCUT2D eigenvalue weighted by atomic mass is 10.2. The lowest BCUT2D eigenvalue weighted by Crippen LogP contribution is -2.43. The second kappa shape index (κ2) is 5.99. The molecule has 0 saturated carbocycles. The Bertz CT molecular complexity index is 616. The molecule has 118 valence electrons. The maximum absolute atomic E-state index is 12.7. The van der Waals surface area contributed by atoms with E-state index in [-0.39, 0.29) is 32.0 Å². The summed E-state index contributed by atoms with van der Waals surface area (Å²) in [6.07, 6.45) is -4.66. The Kier molecular flexibility index (Phi) is 4.66. The summed E-state index contributed by atoms with van der Waals surface area (Å²) in [5.41, 5.74) is -1.29. The molecule has 1 aliphatic heterocycles. The molecule has 1 heterocycles. The molecule has 2 rings (SSSR count). The molecule has 1 N–H and O–H groups in total. The fourth-order valence-electron chi connectivity index (χ4n) is 1.81. The summed E-state index contributed by atoms with van der Waals surface area (Å²) >= 11 is 5.48. The van der Waals surface area contributed by atoms with Gasteiger partial charge in [-0.3, -0.25) is 4.72 Å². The van der Waals surface area contributed by atoms with E-state index in [2.05, 4.69) is 4.72 Å². The van der Waals surface area contributed by atoms with E-state index in [1.807, 2.05) is 0 Å². The number of hydrogen-bond donors (Lipinski definition) is 1. The van der Waals surface area contributed by atoms with Gasteiger partial charge in [0, 0.05) is 13.1 Å². The quantitative estimate of drug-likeness (QED) is 0.915.